The lowest BCUT2D eigenvalue weighted by Gasteiger charge is -2.37. The van der Waals surface area contributed by atoms with Gasteiger partial charge >= 0.3 is 5.97 Å². The number of esters is 1. The molecule has 0 amide bonds. The molecule has 0 aliphatic carbocycles. The van der Waals surface area contributed by atoms with Crippen molar-refractivity contribution in [1.82, 2.24) is 0 Å². The van der Waals surface area contributed by atoms with Gasteiger partial charge in [-0.25, -0.2) is 4.79 Å². The van der Waals surface area contributed by atoms with Gasteiger partial charge in [0.2, 0.25) is 0 Å². The summed E-state index contributed by atoms with van der Waals surface area (Å²) in [5, 5.41) is 10.4. The minimum Gasteiger partial charge on any atom is -0.451 e. The van der Waals surface area contributed by atoms with E-state index in [9.17, 15) is 14.9 Å². The summed E-state index contributed by atoms with van der Waals surface area (Å²) in [6.45, 7) is 0. The van der Waals surface area contributed by atoms with E-state index in [0.717, 1.165) is 0 Å². The van der Waals surface area contributed by atoms with Gasteiger partial charge < -0.3 is 4.74 Å². The number of nitro groups is 1. The normalized spacial score (nSPS) is 22.1. The van der Waals surface area contributed by atoms with Gasteiger partial charge in [-0.1, -0.05) is 23.2 Å². The molecule has 0 radical (unpaired) electrons. The van der Waals surface area contributed by atoms with Crippen molar-refractivity contribution in [2.45, 2.75) is 10.4 Å². The second-order valence-corrected chi connectivity index (χ2v) is 4.64. The number of nitrogens with zero attached hydrogens (tertiary/aromatic N) is 1. The molecule has 1 aliphatic heterocycles. The van der Waals surface area contributed by atoms with Crippen LogP contribution >= 0.6 is 23.2 Å². The molecule has 1 atom stereocenters. The highest BCUT2D eigenvalue weighted by Gasteiger charge is 2.57. The maximum absolute atomic E-state index is 10.9. The van der Waals surface area contributed by atoms with Crippen molar-refractivity contribution in [2.24, 2.45) is 0 Å². The third kappa shape index (κ3) is 1.62. The average molecular weight is 262 g/mol. The fourth-order valence-electron chi connectivity index (χ4n) is 1.36. The van der Waals surface area contributed by atoms with Crippen molar-refractivity contribution in [2.75, 3.05) is 0 Å². The summed E-state index contributed by atoms with van der Waals surface area (Å²) >= 11 is 11.4. The first kappa shape index (κ1) is 11.2. The molecule has 7 heteroatoms. The lowest BCUT2D eigenvalue weighted by Crippen LogP contribution is -2.48. The van der Waals surface area contributed by atoms with Gasteiger partial charge in [-0.05, 0) is 17.7 Å². The first-order valence-corrected chi connectivity index (χ1v) is 5.02. The molecule has 1 aliphatic rings. The molecule has 0 N–H and O–H groups in total. The van der Waals surface area contributed by atoms with Crippen molar-refractivity contribution in [3.8, 4) is 0 Å². The Kier molecular flexibility index (Phi) is 2.52. The predicted octanol–water partition coefficient (Wildman–Crippen LogP) is 2.37. The zero-order valence-corrected chi connectivity index (χ0v) is 9.23. The number of cyclic esters (lactones) is 1. The number of hydrogen-bond donors (Lipinski definition) is 0. The highest BCUT2D eigenvalue weighted by atomic mass is 35.5. The zero-order chi connectivity index (χ0) is 11.9. The van der Waals surface area contributed by atoms with Gasteiger partial charge in [0, 0.05) is 12.1 Å². The quantitative estimate of drug-likeness (QED) is 0.355. The molecule has 5 nitrogen and oxygen atoms in total. The van der Waals surface area contributed by atoms with Crippen LogP contribution in [0.2, 0.25) is 0 Å². The summed E-state index contributed by atoms with van der Waals surface area (Å²) in [7, 11) is 0. The molecule has 0 spiro atoms. The predicted molar refractivity (Wildman–Crippen MR) is 56.4 cm³/mol. The van der Waals surface area contributed by atoms with Crippen LogP contribution in [0, 0.1) is 10.1 Å². The topological polar surface area (TPSA) is 69.4 Å². The van der Waals surface area contributed by atoms with E-state index in [1.165, 1.54) is 24.3 Å². The zero-order valence-electron chi connectivity index (χ0n) is 7.72. The third-order valence-corrected chi connectivity index (χ3v) is 2.94. The molecule has 16 heavy (non-hydrogen) atoms. The highest BCUT2D eigenvalue weighted by Crippen LogP contribution is 2.48. The van der Waals surface area contributed by atoms with E-state index in [0.29, 0.717) is 5.56 Å². The number of hydrogen-bond acceptors (Lipinski definition) is 4. The van der Waals surface area contributed by atoms with Crippen molar-refractivity contribution in [1.29, 1.82) is 0 Å². The Balaban J connectivity index is 2.24. The van der Waals surface area contributed by atoms with E-state index in [2.05, 4.69) is 0 Å². The van der Waals surface area contributed by atoms with Gasteiger partial charge in [0.05, 0.1) is 4.92 Å². The second-order valence-electron chi connectivity index (χ2n) is 3.26. The van der Waals surface area contributed by atoms with Crippen LogP contribution in [-0.4, -0.2) is 15.2 Å². The van der Waals surface area contributed by atoms with Crippen molar-refractivity contribution >= 4 is 34.9 Å². The summed E-state index contributed by atoms with van der Waals surface area (Å²) in [6.07, 6.45) is -0.774. The van der Waals surface area contributed by atoms with Gasteiger partial charge in [0.15, 0.2) is 6.10 Å². The van der Waals surface area contributed by atoms with Crippen LogP contribution < -0.4 is 0 Å². The smallest absolute Gasteiger partial charge is 0.347 e. The van der Waals surface area contributed by atoms with E-state index in [1.54, 1.807) is 0 Å². The van der Waals surface area contributed by atoms with Gasteiger partial charge in [0.1, 0.15) is 0 Å². The number of carbonyl (C=O) groups excluding carboxylic acids is 1. The Hall–Kier alpha value is -1.33. The lowest BCUT2D eigenvalue weighted by atomic mass is 10.0. The van der Waals surface area contributed by atoms with Crippen LogP contribution in [0.4, 0.5) is 5.69 Å². The summed E-state index contributed by atoms with van der Waals surface area (Å²) < 4.78 is 3.17. The lowest BCUT2D eigenvalue weighted by molar-refractivity contribution is -0.384. The number of ether oxygens (including phenoxy) is 1. The molecule has 0 saturated carbocycles. The molecular weight excluding hydrogens is 257 g/mol. The average Bonchev–Trinajstić information content (AvgIpc) is 2.26. The highest BCUT2D eigenvalue weighted by molar-refractivity contribution is 6.59. The Bertz CT molecular complexity index is 457. The van der Waals surface area contributed by atoms with Crippen molar-refractivity contribution in [3.63, 3.8) is 0 Å². The van der Waals surface area contributed by atoms with Crippen LogP contribution in [-0.2, 0) is 9.53 Å². The second kappa shape index (κ2) is 3.61. The van der Waals surface area contributed by atoms with E-state index in [4.69, 9.17) is 27.9 Å². The Morgan fingerprint density at radius 2 is 1.88 bits per heavy atom. The van der Waals surface area contributed by atoms with Crippen LogP contribution in [0.15, 0.2) is 24.3 Å². The third-order valence-electron chi connectivity index (χ3n) is 2.23. The summed E-state index contributed by atoms with van der Waals surface area (Å²) in [5.74, 6) is -0.709. The van der Waals surface area contributed by atoms with Gasteiger partial charge in [-0.3, -0.25) is 10.1 Å². The number of carbonyl (C=O) groups is 1. The van der Waals surface area contributed by atoms with Gasteiger partial charge in [0.25, 0.3) is 10.0 Å². The fraction of sp³-hybridized carbons (Fsp3) is 0.222. The van der Waals surface area contributed by atoms with E-state index >= 15 is 0 Å². The molecule has 84 valence electrons. The summed E-state index contributed by atoms with van der Waals surface area (Å²) in [5.41, 5.74) is 0.472. The largest absolute Gasteiger partial charge is 0.451 e. The first-order chi connectivity index (χ1) is 7.43. The number of alkyl halides is 2. The molecule has 1 heterocycles. The minimum absolute atomic E-state index is 0.0517. The van der Waals surface area contributed by atoms with Crippen molar-refractivity contribution < 1.29 is 14.5 Å². The molecule has 0 aromatic heterocycles. The standard InChI is InChI=1S/C9H5Cl2NO4/c10-9(11)7(16-8(9)13)5-1-3-6(4-2-5)12(14)15/h1-4,7H/t7-/m0/s1. The summed E-state index contributed by atoms with van der Waals surface area (Å²) in [4.78, 5) is 20.8. The Labute approximate surface area is 100 Å². The first-order valence-electron chi connectivity index (χ1n) is 4.26. The van der Waals surface area contributed by atoms with Crippen LogP contribution in [0.3, 0.4) is 0 Å². The fourth-order valence-corrected chi connectivity index (χ4v) is 1.79. The number of non-ortho nitro benzene ring substituents is 1. The SMILES string of the molecule is O=C1O[C@@H](c2ccc([N+](=O)[O-])cc2)C1(Cl)Cl. The number of rotatable bonds is 2. The molecule has 1 aromatic carbocycles. The molecule has 1 saturated heterocycles. The van der Waals surface area contributed by atoms with Crippen LogP contribution in [0.25, 0.3) is 0 Å². The molecular formula is C9H5Cl2NO4. The van der Waals surface area contributed by atoms with E-state index < -0.39 is 21.3 Å². The molecule has 0 unspecified atom stereocenters. The summed E-state index contributed by atoms with van der Waals surface area (Å²) in [6, 6.07) is 5.50. The maximum Gasteiger partial charge on any atom is 0.347 e. The molecule has 2 rings (SSSR count). The van der Waals surface area contributed by atoms with Gasteiger partial charge in [-0.15, -0.1) is 0 Å². The van der Waals surface area contributed by atoms with E-state index in [-0.39, 0.29) is 5.69 Å². The monoisotopic (exact) mass is 261 g/mol. The molecule has 0 bridgehead atoms. The van der Waals surface area contributed by atoms with Crippen LogP contribution in [0.1, 0.15) is 11.7 Å². The van der Waals surface area contributed by atoms with Crippen LogP contribution in [0.5, 0.6) is 0 Å². The molecule has 1 fully saturated rings. The number of nitro benzene ring substituents is 1. The number of halogens is 2. The Morgan fingerprint density at radius 1 is 1.31 bits per heavy atom. The van der Waals surface area contributed by atoms with E-state index in [1.807, 2.05) is 0 Å². The molecule has 1 aromatic rings. The minimum atomic E-state index is -1.60. The van der Waals surface area contributed by atoms with Crippen molar-refractivity contribution in [3.05, 3.63) is 39.9 Å². The maximum atomic E-state index is 10.9. The number of benzene rings is 1. The van der Waals surface area contributed by atoms with Gasteiger partial charge in [-0.2, -0.15) is 0 Å². The Morgan fingerprint density at radius 3 is 2.25 bits per heavy atom.